The van der Waals surface area contributed by atoms with E-state index < -0.39 is 35.3 Å². The second-order valence-corrected chi connectivity index (χ2v) is 8.85. The van der Waals surface area contributed by atoms with Gasteiger partial charge in [0.15, 0.2) is 0 Å². The Bertz CT molecular complexity index is 1010. The van der Waals surface area contributed by atoms with E-state index in [2.05, 4.69) is 10.2 Å². The van der Waals surface area contributed by atoms with E-state index in [1.54, 1.807) is 32.9 Å². The van der Waals surface area contributed by atoms with Crippen molar-refractivity contribution < 1.29 is 32.2 Å². The Morgan fingerprint density at radius 2 is 1.55 bits per heavy atom. The third kappa shape index (κ3) is 6.40. The van der Waals surface area contributed by atoms with Crippen LogP contribution in [-0.2, 0) is 37.8 Å². The molecule has 0 radical (unpaired) electrons. The van der Waals surface area contributed by atoms with Gasteiger partial charge in [0.05, 0.1) is 12.3 Å². The summed E-state index contributed by atoms with van der Waals surface area (Å²) in [4.78, 5) is 25.1. The molecule has 0 aliphatic carbocycles. The number of alkyl halides is 3. The topological polar surface area (TPSA) is 77.3 Å². The third-order valence-corrected chi connectivity index (χ3v) is 4.92. The van der Waals surface area contributed by atoms with Crippen molar-refractivity contribution in [3.63, 3.8) is 0 Å². The zero-order valence-corrected chi connectivity index (χ0v) is 18.6. The maximum Gasteiger partial charge on any atom is 0.442 e. The summed E-state index contributed by atoms with van der Waals surface area (Å²) < 4.78 is 50.3. The van der Waals surface area contributed by atoms with Crippen LogP contribution in [-0.4, -0.2) is 23.7 Å². The molecule has 0 saturated carbocycles. The number of rotatable bonds is 8. The van der Waals surface area contributed by atoms with Gasteiger partial charge in [-0.05, 0) is 38.3 Å². The summed E-state index contributed by atoms with van der Waals surface area (Å²) in [6.07, 6.45) is -4.74. The van der Waals surface area contributed by atoms with Crippen LogP contribution in [0.25, 0.3) is 0 Å². The zero-order chi connectivity index (χ0) is 24.3. The van der Waals surface area contributed by atoms with Gasteiger partial charge >= 0.3 is 23.8 Å². The van der Waals surface area contributed by atoms with Gasteiger partial charge < -0.3 is 9.47 Å². The first kappa shape index (κ1) is 24.4. The molecule has 2 aromatic rings. The highest BCUT2D eigenvalue weighted by atomic mass is 19.4. The lowest BCUT2D eigenvalue weighted by atomic mass is 9.94. The SMILES string of the molecule is CC(C)(C)OC(=O)C[C@@H](Cc1ccc(C2(C(F)(F)F)N=N2)cc1)C(=O)OCc1ccccc1. The van der Waals surface area contributed by atoms with Gasteiger partial charge in [0, 0.05) is 5.56 Å². The van der Waals surface area contributed by atoms with Gasteiger partial charge in [0.2, 0.25) is 0 Å². The van der Waals surface area contributed by atoms with Crippen LogP contribution < -0.4 is 0 Å². The molecule has 9 heteroatoms. The van der Waals surface area contributed by atoms with Crippen molar-refractivity contribution in [2.45, 2.75) is 57.7 Å². The van der Waals surface area contributed by atoms with Gasteiger partial charge in [0.1, 0.15) is 12.2 Å². The Morgan fingerprint density at radius 1 is 0.939 bits per heavy atom. The van der Waals surface area contributed by atoms with E-state index in [0.717, 1.165) is 5.56 Å². The molecular formula is C24H25F3N2O4. The molecule has 1 heterocycles. The summed E-state index contributed by atoms with van der Waals surface area (Å²) in [6, 6.07) is 14.6. The molecular weight excluding hydrogens is 437 g/mol. The number of carbonyl (C=O) groups excluding carboxylic acids is 2. The molecule has 0 amide bonds. The molecule has 1 atom stereocenters. The van der Waals surface area contributed by atoms with Gasteiger partial charge in [-0.1, -0.05) is 54.6 Å². The van der Waals surface area contributed by atoms with Crippen LogP contribution in [0.4, 0.5) is 13.2 Å². The monoisotopic (exact) mass is 462 g/mol. The molecule has 0 saturated heterocycles. The smallest absolute Gasteiger partial charge is 0.442 e. The highest BCUT2D eigenvalue weighted by Crippen LogP contribution is 2.52. The van der Waals surface area contributed by atoms with Crippen LogP contribution in [0.2, 0.25) is 0 Å². The van der Waals surface area contributed by atoms with Gasteiger partial charge in [-0.3, -0.25) is 9.59 Å². The molecule has 3 rings (SSSR count). The predicted octanol–water partition coefficient (Wildman–Crippen LogP) is 5.50. The molecule has 176 valence electrons. The van der Waals surface area contributed by atoms with Crippen LogP contribution in [0.1, 0.15) is 43.9 Å². The molecule has 0 spiro atoms. The normalized spacial score (nSPS) is 15.6. The summed E-state index contributed by atoms with van der Waals surface area (Å²) in [5.74, 6) is -2.01. The summed E-state index contributed by atoms with van der Waals surface area (Å²) in [7, 11) is 0. The molecule has 0 bridgehead atoms. The van der Waals surface area contributed by atoms with E-state index in [4.69, 9.17) is 9.47 Å². The molecule has 0 aromatic heterocycles. The average molecular weight is 462 g/mol. The predicted molar refractivity (Wildman–Crippen MR) is 113 cm³/mol. The minimum Gasteiger partial charge on any atom is -0.461 e. The zero-order valence-electron chi connectivity index (χ0n) is 18.6. The molecule has 0 fully saturated rings. The fourth-order valence-corrected chi connectivity index (χ4v) is 3.27. The number of ether oxygens (including phenoxy) is 2. The molecule has 6 nitrogen and oxygen atoms in total. The van der Waals surface area contributed by atoms with Crippen LogP contribution in [0, 0.1) is 5.92 Å². The number of halogens is 3. The van der Waals surface area contributed by atoms with Crippen molar-refractivity contribution in [3.8, 4) is 0 Å². The molecule has 1 aliphatic heterocycles. The number of carbonyl (C=O) groups is 2. The Balaban J connectivity index is 1.71. The Labute approximate surface area is 189 Å². The highest BCUT2D eigenvalue weighted by molar-refractivity contribution is 5.80. The van der Waals surface area contributed by atoms with Gasteiger partial charge in [0.25, 0.3) is 0 Å². The van der Waals surface area contributed by atoms with Crippen molar-refractivity contribution in [1.82, 2.24) is 0 Å². The molecule has 2 aromatic carbocycles. The van der Waals surface area contributed by atoms with Crippen LogP contribution in [0.15, 0.2) is 64.8 Å². The first-order valence-electron chi connectivity index (χ1n) is 10.4. The minimum atomic E-state index is -4.62. The van der Waals surface area contributed by atoms with Crippen molar-refractivity contribution >= 4 is 11.9 Å². The van der Waals surface area contributed by atoms with E-state index in [1.807, 2.05) is 18.2 Å². The number of nitrogens with zero attached hydrogens (tertiary/aromatic N) is 2. The Hall–Kier alpha value is -3.23. The second-order valence-electron chi connectivity index (χ2n) is 8.85. The Morgan fingerprint density at radius 3 is 2.06 bits per heavy atom. The van der Waals surface area contributed by atoms with E-state index in [0.29, 0.717) is 5.56 Å². The van der Waals surface area contributed by atoms with E-state index in [1.165, 1.54) is 24.3 Å². The molecule has 0 N–H and O–H groups in total. The second kappa shape index (κ2) is 9.33. The van der Waals surface area contributed by atoms with Crippen molar-refractivity contribution in [1.29, 1.82) is 0 Å². The number of esters is 2. The summed E-state index contributed by atoms with van der Waals surface area (Å²) >= 11 is 0. The number of hydrogen-bond donors (Lipinski definition) is 0. The van der Waals surface area contributed by atoms with Crippen LogP contribution in [0.3, 0.4) is 0 Å². The standard InChI is InChI=1S/C24H25F3N2O4/c1-22(2,3)33-20(30)14-18(21(31)32-15-17-7-5-4-6-8-17)13-16-9-11-19(12-10-16)23(28-29-23)24(25,26)27/h4-12,18H,13-15H2,1-3H3/t18-/m1/s1. The first-order valence-corrected chi connectivity index (χ1v) is 10.4. The first-order chi connectivity index (χ1) is 15.4. The highest BCUT2D eigenvalue weighted by Gasteiger charge is 2.65. The number of hydrogen-bond acceptors (Lipinski definition) is 6. The largest absolute Gasteiger partial charge is 0.461 e. The quantitative estimate of drug-likeness (QED) is 0.485. The van der Waals surface area contributed by atoms with Crippen molar-refractivity contribution in [3.05, 3.63) is 71.3 Å². The maximum atomic E-state index is 13.2. The molecule has 1 aliphatic rings. The van der Waals surface area contributed by atoms with Crippen molar-refractivity contribution in [2.75, 3.05) is 0 Å². The van der Waals surface area contributed by atoms with Gasteiger partial charge in [-0.15, -0.1) is 10.2 Å². The third-order valence-electron chi connectivity index (χ3n) is 4.92. The lowest BCUT2D eigenvalue weighted by Crippen LogP contribution is -2.30. The van der Waals surface area contributed by atoms with E-state index >= 15 is 0 Å². The van der Waals surface area contributed by atoms with Crippen LogP contribution >= 0.6 is 0 Å². The fraction of sp³-hybridized carbons (Fsp3) is 0.417. The summed E-state index contributed by atoms with van der Waals surface area (Å²) in [5, 5.41) is 6.37. The van der Waals surface area contributed by atoms with Gasteiger partial charge in [-0.2, -0.15) is 13.2 Å². The van der Waals surface area contributed by atoms with E-state index in [-0.39, 0.29) is 25.0 Å². The lowest BCUT2D eigenvalue weighted by Gasteiger charge is -2.22. The lowest BCUT2D eigenvalue weighted by molar-refractivity contribution is -0.166. The van der Waals surface area contributed by atoms with Crippen LogP contribution in [0.5, 0.6) is 0 Å². The average Bonchev–Trinajstić information content (AvgIpc) is 3.54. The molecule has 33 heavy (non-hydrogen) atoms. The Kier molecular flexibility index (Phi) is 6.90. The number of benzene rings is 2. The minimum absolute atomic E-state index is 0.0422. The fourth-order valence-electron chi connectivity index (χ4n) is 3.27. The van der Waals surface area contributed by atoms with Crippen molar-refractivity contribution in [2.24, 2.45) is 16.1 Å². The summed E-state index contributed by atoms with van der Waals surface area (Å²) in [5.41, 5.74) is -1.96. The summed E-state index contributed by atoms with van der Waals surface area (Å²) in [6.45, 7) is 5.20. The van der Waals surface area contributed by atoms with Gasteiger partial charge in [-0.25, -0.2) is 0 Å². The maximum absolute atomic E-state index is 13.2. The molecule has 0 unspecified atom stereocenters. The van der Waals surface area contributed by atoms with E-state index in [9.17, 15) is 22.8 Å².